The Morgan fingerprint density at radius 3 is 2.48 bits per heavy atom. The van der Waals surface area contributed by atoms with Crippen LogP contribution in [0, 0.1) is 5.92 Å². The summed E-state index contributed by atoms with van der Waals surface area (Å²) in [6.45, 7) is 13.9. The second kappa shape index (κ2) is 10.1. The van der Waals surface area contributed by atoms with Gasteiger partial charge in [-0.05, 0) is 65.6 Å². The monoisotopic (exact) mass is 300 g/mol. The largest absolute Gasteiger partial charge is 0.462 e. The van der Waals surface area contributed by atoms with Crippen LogP contribution in [0.4, 0.5) is 0 Å². The van der Waals surface area contributed by atoms with Gasteiger partial charge in [-0.3, -0.25) is 4.79 Å². The Hall–Kier alpha value is -0.650. The molecule has 0 radical (unpaired) electrons. The lowest BCUT2D eigenvalue weighted by Gasteiger charge is -2.15. The molecule has 2 aliphatic rings. The third-order valence-electron chi connectivity index (χ3n) is 3.67. The van der Waals surface area contributed by atoms with Crippen molar-refractivity contribution >= 4 is 6.47 Å². The van der Waals surface area contributed by atoms with E-state index in [4.69, 9.17) is 4.74 Å². The Balaban J connectivity index is 0.000000270. The molecule has 2 fully saturated rings. The van der Waals surface area contributed by atoms with Gasteiger partial charge >= 0.3 is 0 Å². The minimum Gasteiger partial charge on any atom is -0.462 e. The Labute approximate surface area is 129 Å². The van der Waals surface area contributed by atoms with E-state index >= 15 is 0 Å². The number of nitrogens with one attached hydrogen (secondary N) is 1. The third-order valence-corrected chi connectivity index (χ3v) is 3.67. The summed E-state index contributed by atoms with van der Waals surface area (Å²) in [6.07, 6.45) is 4.06. The Kier molecular flexibility index (Phi) is 8.88. The van der Waals surface area contributed by atoms with Gasteiger partial charge in [-0.25, -0.2) is 0 Å². The van der Waals surface area contributed by atoms with Crippen molar-refractivity contribution in [3.8, 4) is 0 Å². The van der Waals surface area contributed by atoms with Gasteiger partial charge in [0.1, 0.15) is 5.60 Å². The first kappa shape index (κ1) is 18.4. The highest BCUT2D eigenvalue weighted by molar-refractivity contribution is 5.37. The number of carbonyl (C=O) groups excluding carboxylic acids is 1. The smallest absolute Gasteiger partial charge is 0.293 e. The summed E-state index contributed by atoms with van der Waals surface area (Å²) in [5.74, 6) is 0.772. The van der Waals surface area contributed by atoms with Gasteiger partial charge in [-0.1, -0.05) is 0 Å². The number of carbonyl (C=O) groups is 1. The molecule has 1 unspecified atom stereocenters. The van der Waals surface area contributed by atoms with E-state index in [0.29, 0.717) is 6.47 Å². The van der Waals surface area contributed by atoms with Gasteiger partial charge in [0.2, 0.25) is 0 Å². The number of nitrogens with zero attached hydrogens (tertiary/aromatic N) is 1. The predicted molar refractivity (Wildman–Crippen MR) is 84.4 cm³/mol. The molecule has 21 heavy (non-hydrogen) atoms. The average Bonchev–Trinajstić information content (AvgIpc) is 3.07. The maximum Gasteiger partial charge on any atom is 0.293 e. The molecule has 0 aromatic heterocycles. The van der Waals surface area contributed by atoms with Crippen molar-refractivity contribution in [2.75, 3.05) is 45.9 Å². The first-order chi connectivity index (χ1) is 10.0. The zero-order chi connectivity index (χ0) is 15.6. The van der Waals surface area contributed by atoms with Gasteiger partial charge in [0, 0.05) is 13.1 Å². The molecular formula is C16H32N2O3. The molecule has 124 valence electrons. The molecule has 0 aromatic rings. The Morgan fingerprint density at radius 1 is 1.29 bits per heavy atom. The van der Waals surface area contributed by atoms with E-state index < -0.39 is 0 Å². The number of rotatable bonds is 6. The summed E-state index contributed by atoms with van der Waals surface area (Å²) < 4.78 is 10.2. The minimum atomic E-state index is -0.318. The van der Waals surface area contributed by atoms with Crippen molar-refractivity contribution in [2.24, 2.45) is 5.92 Å². The van der Waals surface area contributed by atoms with Crippen molar-refractivity contribution in [3.63, 3.8) is 0 Å². The summed E-state index contributed by atoms with van der Waals surface area (Å²) in [7, 11) is 0. The highest BCUT2D eigenvalue weighted by Gasteiger charge is 2.15. The van der Waals surface area contributed by atoms with Gasteiger partial charge < -0.3 is 19.7 Å². The molecule has 0 aromatic carbocycles. The Bertz CT molecular complexity index is 249. The summed E-state index contributed by atoms with van der Waals surface area (Å²) >= 11 is 0. The predicted octanol–water partition coefficient (Wildman–Crippen LogP) is 1.67. The van der Waals surface area contributed by atoms with Crippen LogP contribution < -0.4 is 5.32 Å². The summed E-state index contributed by atoms with van der Waals surface area (Å²) in [4.78, 5) is 12.1. The highest BCUT2D eigenvalue weighted by atomic mass is 16.5. The Morgan fingerprint density at radius 2 is 2.00 bits per heavy atom. The van der Waals surface area contributed by atoms with Gasteiger partial charge in [0.05, 0.1) is 13.2 Å². The van der Waals surface area contributed by atoms with Crippen molar-refractivity contribution in [2.45, 2.75) is 45.6 Å². The molecule has 0 aliphatic carbocycles. The summed E-state index contributed by atoms with van der Waals surface area (Å²) in [5.41, 5.74) is -0.318. The normalized spacial score (nSPS) is 22.7. The first-order valence-corrected chi connectivity index (χ1v) is 8.13. The fourth-order valence-corrected chi connectivity index (χ4v) is 2.45. The van der Waals surface area contributed by atoms with Crippen molar-refractivity contribution in [3.05, 3.63) is 0 Å². The SMILES string of the molecule is C1CCN(CCOCC2CCNC2)C1.CC(C)(C)OC=O. The lowest BCUT2D eigenvalue weighted by Crippen LogP contribution is -2.25. The molecule has 2 aliphatic heterocycles. The molecule has 1 atom stereocenters. The van der Waals surface area contributed by atoms with Crippen LogP contribution in [0.25, 0.3) is 0 Å². The third kappa shape index (κ3) is 9.82. The van der Waals surface area contributed by atoms with Crippen LogP contribution in [0.3, 0.4) is 0 Å². The zero-order valence-corrected chi connectivity index (χ0v) is 13.9. The van der Waals surface area contributed by atoms with E-state index in [9.17, 15) is 4.79 Å². The van der Waals surface area contributed by atoms with E-state index in [-0.39, 0.29) is 5.60 Å². The molecule has 0 spiro atoms. The molecule has 0 bridgehead atoms. The summed E-state index contributed by atoms with van der Waals surface area (Å²) in [6, 6.07) is 0. The molecular weight excluding hydrogens is 268 g/mol. The molecule has 2 saturated heterocycles. The fraction of sp³-hybridized carbons (Fsp3) is 0.938. The lowest BCUT2D eigenvalue weighted by molar-refractivity contribution is -0.138. The van der Waals surface area contributed by atoms with Crippen LogP contribution in [0.15, 0.2) is 0 Å². The van der Waals surface area contributed by atoms with Crippen LogP contribution in [-0.2, 0) is 14.3 Å². The fourth-order valence-electron chi connectivity index (χ4n) is 2.45. The number of hydrogen-bond acceptors (Lipinski definition) is 5. The molecule has 5 nitrogen and oxygen atoms in total. The van der Waals surface area contributed by atoms with Crippen LogP contribution >= 0.6 is 0 Å². The van der Waals surface area contributed by atoms with E-state index in [1.165, 1.54) is 38.9 Å². The van der Waals surface area contributed by atoms with E-state index in [0.717, 1.165) is 32.2 Å². The van der Waals surface area contributed by atoms with Crippen molar-refractivity contribution in [1.29, 1.82) is 0 Å². The van der Waals surface area contributed by atoms with Crippen LogP contribution in [0.2, 0.25) is 0 Å². The quantitative estimate of drug-likeness (QED) is 0.597. The second-order valence-electron chi connectivity index (χ2n) is 6.81. The van der Waals surface area contributed by atoms with Gasteiger partial charge in [-0.15, -0.1) is 0 Å². The van der Waals surface area contributed by atoms with E-state index in [1.54, 1.807) is 0 Å². The van der Waals surface area contributed by atoms with Crippen LogP contribution in [0.1, 0.15) is 40.0 Å². The second-order valence-corrected chi connectivity index (χ2v) is 6.81. The summed E-state index contributed by atoms with van der Waals surface area (Å²) in [5, 5.41) is 3.36. The van der Waals surface area contributed by atoms with E-state index in [2.05, 4.69) is 15.0 Å². The molecule has 5 heteroatoms. The first-order valence-electron chi connectivity index (χ1n) is 8.13. The molecule has 2 rings (SSSR count). The number of ether oxygens (including phenoxy) is 2. The van der Waals surface area contributed by atoms with Crippen molar-refractivity contribution < 1.29 is 14.3 Å². The molecule has 2 heterocycles. The maximum absolute atomic E-state index is 9.60. The molecule has 0 saturated carbocycles. The van der Waals surface area contributed by atoms with Gasteiger partial charge in [0.25, 0.3) is 6.47 Å². The van der Waals surface area contributed by atoms with Crippen LogP contribution in [0.5, 0.6) is 0 Å². The topological polar surface area (TPSA) is 50.8 Å². The molecule has 0 amide bonds. The number of hydrogen-bond donors (Lipinski definition) is 1. The highest BCUT2D eigenvalue weighted by Crippen LogP contribution is 2.09. The molecule has 1 N–H and O–H groups in total. The average molecular weight is 300 g/mol. The van der Waals surface area contributed by atoms with E-state index in [1.807, 2.05) is 20.8 Å². The lowest BCUT2D eigenvalue weighted by atomic mass is 10.1. The minimum absolute atomic E-state index is 0.318. The standard InChI is InChI=1S/C11H22N2O.C5H10O2/c1-2-6-13(5-1)7-8-14-10-11-3-4-12-9-11;1-5(2,3)7-4-6/h11-12H,1-10H2;4H,1-3H3. The van der Waals surface area contributed by atoms with Gasteiger partial charge in [0.15, 0.2) is 0 Å². The number of likely N-dealkylation sites (tertiary alicyclic amines) is 1. The van der Waals surface area contributed by atoms with Gasteiger partial charge in [-0.2, -0.15) is 0 Å². The zero-order valence-electron chi connectivity index (χ0n) is 13.9. The van der Waals surface area contributed by atoms with Crippen molar-refractivity contribution in [1.82, 2.24) is 10.2 Å². The maximum atomic E-state index is 9.60. The van der Waals surface area contributed by atoms with Crippen LogP contribution in [-0.4, -0.2) is 62.9 Å².